The van der Waals surface area contributed by atoms with E-state index in [1.54, 1.807) is 22.1 Å². The first-order valence-corrected chi connectivity index (χ1v) is 6.97. The molecule has 0 aliphatic carbocycles. The van der Waals surface area contributed by atoms with Crippen molar-refractivity contribution in [3.05, 3.63) is 59.1 Å². The van der Waals surface area contributed by atoms with Crippen LogP contribution in [0.1, 0.15) is 16.1 Å². The molecule has 2 aromatic heterocycles. The van der Waals surface area contributed by atoms with Crippen LogP contribution in [-0.2, 0) is 0 Å². The normalized spacial score (nSPS) is 10.7. The maximum atomic E-state index is 11.2. The number of aromatic carboxylic acids is 1. The lowest BCUT2D eigenvalue weighted by molar-refractivity contribution is 0.0690. The number of benzene rings is 1. The van der Waals surface area contributed by atoms with Gasteiger partial charge in [-0.05, 0) is 36.1 Å². The fraction of sp³-hybridized carbons (Fsp3) is 0.0667. The number of rotatable bonds is 3. The van der Waals surface area contributed by atoms with E-state index >= 15 is 0 Å². The van der Waals surface area contributed by atoms with Crippen LogP contribution < -0.4 is 0 Å². The third kappa shape index (κ3) is 2.23. The van der Waals surface area contributed by atoms with Crippen LogP contribution in [0.25, 0.3) is 16.3 Å². The zero-order chi connectivity index (χ0) is 14.1. The number of aromatic nitrogens is 2. The zero-order valence-electron chi connectivity index (χ0n) is 10.8. The minimum atomic E-state index is -1.02. The Kier molecular flexibility index (Phi) is 3.12. The average molecular weight is 284 g/mol. The molecule has 0 spiro atoms. The maximum Gasteiger partial charge on any atom is 0.356 e. The smallest absolute Gasteiger partial charge is 0.356 e. The monoisotopic (exact) mass is 284 g/mol. The van der Waals surface area contributed by atoms with Gasteiger partial charge in [-0.1, -0.05) is 18.2 Å². The third-order valence-corrected chi connectivity index (χ3v) is 3.84. The Labute approximate surface area is 119 Å². The predicted molar refractivity (Wildman–Crippen MR) is 78.6 cm³/mol. The molecule has 20 heavy (non-hydrogen) atoms. The van der Waals surface area contributed by atoms with E-state index in [0.717, 1.165) is 21.8 Å². The van der Waals surface area contributed by atoms with Crippen LogP contribution in [0.5, 0.6) is 0 Å². The van der Waals surface area contributed by atoms with Crippen molar-refractivity contribution in [3.63, 3.8) is 0 Å². The van der Waals surface area contributed by atoms with Crippen molar-refractivity contribution in [2.75, 3.05) is 0 Å². The van der Waals surface area contributed by atoms with Gasteiger partial charge in [0.25, 0.3) is 0 Å². The van der Waals surface area contributed by atoms with Crippen molar-refractivity contribution in [1.82, 2.24) is 9.78 Å². The summed E-state index contributed by atoms with van der Waals surface area (Å²) in [5.41, 5.74) is 2.81. The average Bonchev–Trinajstić information content (AvgIpc) is 3.07. The molecular formula is C15H12N2O2S. The number of hydrogen-bond acceptors (Lipinski definition) is 3. The fourth-order valence-corrected chi connectivity index (χ4v) is 2.77. The molecule has 0 unspecified atom stereocenters. The molecule has 0 saturated carbocycles. The van der Waals surface area contributed by atoms with Gasteiger partial charge in [-0.2, -0.15) is 5.10 Å². The second-order valence-corrected chi connectivity index (χ2v) is 5.40. The molecule has 0 aliphatic heterocycles. The number of nitrogens with zero attached hydrogens (tertiary/aromatic N) is 2. The molecule has 0 aliphatic rings. The van der Waals surface area contributed by atoms with Gasteiger partial charge in [0.1, 0.15) is 0 Å². The number of carboxylic acid groups (broad SMARTS) is 1. The van der Waals surface area contributed by atoms with E-state index in [2.05, 4.69) is 5.10 Å². The summed E-state index contributed by atoms with van der Waals surface area (Å²) >= 11 is 1.56. The Hall–Kier alpha value is -2.40. The van der Waals surface area contributed by atoms with Crippen LogP contribution in [0.15, 0.2) is 47.8 Å². The molecule has 0 saturated heterocycles. The molecule has 1 N–H and O–H groups in total. The molecule has 5 heteroatoms. The van der Waals surface area contributed by atoms with Crippen molar-refractivity contribution < 1.29 is 9.90 Å². The molecule has 3 rings (SSSR count). The standard InChI is InChI=1S/C15H12N2O2S/c1-10-4-2-5-11(8-10)17-13(14-6-3-7-20-14)9-12(16-17)15(18)19/h2-9H,1H3,(H,18,19). The maximum absolute atomic E-state index is 11.2. The van der Waals surface area contributed by atoms with Gasteiger partial charge in [-0.3, -0.25) is 0 Å². The van der Waals surface area contributed by atoms with E-state index in [1.165, 1.54) is 0 Å². The highest BCUT2D eigenvalue weighted by Gasteiger charge is 2.16. The van der Waals surface area contributed by atoms with Crippen LogP contribution in [0.2, 0.25) is 0 Å². The molecule has 0 bridgehead atoms. The predicted octanol–water partition coefficient (Wildman–Crippen LogP) is 3.61. The highest BCUT2D eigenvalue weighted by molar-refractivity contribution is 7.13. The van der Waals surface area contributed by atoms with E-state index < -0.39 is 5.97 Å². The van der Waals surface area contributed by atoms with E-state index in [0.29, 0.717) is 0 Å². The van der Waals surface area contributed by atoms with Gasteiger partial charge in [-0.15, -0.1) is 11.3 Å². The summed E-state index contributed by atoms with van der Waals surface area (Å²) in [5.74, 6) is -1.02. The molecular weight excluding hydrogens is 272 g/mol. The highest BCUT2D eigenvalue weighted by Crippen LogP contribution is 2.28. The molecule has 100 valence electrons. The molecule has 3 aromatic rings. The molecule has 4 nitrogen and oxygen atoms in total. The number of hydrogen-bond donors (Lipinski definition) is 1. The minimum absolute atomic E-state index is 0.0508. The van der Waals surface area contributed by atoms with Crippen molar-refractivity contribution >= 4 is 17.3 Å². The van der Waals surface area contributed by atoms with Crippen LogP contribution >= 0.6 is 11.3 Å². The Bertz CT molecular complexity index is 760. The van der Waals surface area contributed by atoms with Gasteiger partial charge < -0.3 is 5.11 Å². The lowest BCUT2D eigenvalue weighted by atomic mass is 10.2. The quantitative estimate of drug-likeness (QED) is 0.799. The van der Waals surface area contributed by atoms with Crippen molar-refractivity contribution in [3.8, 4) is 16.3 Å². The highest BCUT2D eigenvalue weighted by atomic mass is 32.1. The number of aryl methyl sites for hydroxylation is 1. The largest absolute Gasteiger partial charge is 0.476 e. The van der Waals surface area contributed by atoms with Gasteiger partial charge in [0.05, 0.1) is 16.3 Å². The van der Waals surface area contributed by atoms with E-state index in [-0.39, 0.29) is 5.69 Å². The van der Waals surface area contributed by atoms with Gasteiger partial charge in [0, 0.05) is 6.07 Å². The second kappa shape index (κ2) is 4.94. The summed E-state index contributed by atoms with van der Waals surface area (Å²) in [4.78, 5) is 12.2. The summed E-state index contributed by atoms with van der Waals surface area (Å²) in [6, 6.07) is 13.3. The first-order chi connectivity index (χ1) is 9.65. The van der Waals surface area contributed by atoms with Gasteiger partial charge in [0.2, 0.25) is 0 Å². The Balaban J connectivity index is 2.21. The summed E-state index contributed by atoms with van der Waals surface area (Å²) in [6.07, 6.45) is 0. The van der Waals surface area contributed by atoms with E-state index in [1.807, 2.05) is 48.7 Å². The third-order valence-electron chi connectivity index (χ3n) is 2.95. The van der Waals surface area contributed by atoms with Crippen LogP contribution in [-0.4, -0.2) is 20.9 Å². The number of carbonyl (C=O) groups is 1. The molecule has 0 fully saturated rings. The minimum Gasteiger partial charge on any atom is -0.476 e. The number of carboxylic acids is 1. The van der Waals surface area contributed by atoms with Crippen LogP contribution in [0.3, 0.4) is 0 Å². The molecule has 0 amide bonds. The molecule has 1 aromatic carbocycles. The summed E-state index contributed by atoms with van der Waals surface area (Å²) in [5, 5.41) is 15.3. The summed E-state index contributed by atoms with van der Waals surface area (Å²) < 4.78 is 1.68. The SMILES string of the molecule is Cc1cccc(-n2nc(C(=O)O)cc2-c2cccs2)c1. The topological polar surface area (TPSA) is 55.1 Å². The Morgan fingerprint density at radius 3 is 2.75 bits per heavy atom. The van der Waals surface area contributed by atoms with Gasteiger partial charge >= 0.3 is 5.97 Å². The second-order valence-electron chi connectivity index (χ2n) is 4.45. The molecule has 0 radical (unpaired) electrons. The van der Waals surface area contributed by atoms with Gasteiger partial charge in [0.15, 0.2) is 5.69 Å². The van der Waals surface area contributed by atoms with Crippen molar-refractivity contribution in [2.45, 2.75) is 6.92 Å². The zero-order valence-corrected chi connectivity index (χ0v) is 11.6. The first-order valence-electron chi connectivity index (χ1n) is 6.09. The van der Waals surface area contributed by atoms with Crippen molar-refractivity contribution in [2.24, 2.45) is 0 Å². The first kappa shape index (κ1) is 12.6. The van der Waals surface area contributed by atoms with E-state index in [9.17, 15) is 4.79 Å². The van der Waals surface area contributed by atoms with Crippen LogP contribution in [0.4, 0.5) is 0 Å². The lowest BCUT2D eigenvalue weighted by Crippen LogP contribution is -2.02. The molecule has 0 atom stereocenters. The summed E-state index contributed by atoms with van der Waals surface area (Å²) in [7, 11) is 0. The fourth-order valence-electron chi connectivity index (χ4n) is 2.04. The van der Waals surface area contributed by atoms with E-state index in [4.69, 9.17) is 5.11 Å². The van der Waals surface area contributed by atoms with Crippen LogP contribution in [0, 0.1) is 6.92 Å². The Morgan fingerprint density at radius 2 is 2.10 bits per heavy atom. The Morgan fingerprint density at radius 1 is 1.25 bits per heavy atom. The number of thiophene rings is 1. The lowest BCUT2D eigenvalue weighted by Gasteiger charge is -2.06. The summed E-state index contributed by atoms with van der Waals surface area (Å²) in [6.45, 7) is 2.00. The van der Waals surface area contributed by atoms with Crippen molar-refractivity contribution in [1.29, 1.82) is 0 Å². The molecule has 2 heterocycles. The van der Waals surface area contributed by atoms with Gasteiger partial charge in [-0.25, -0.2) is 9.48 Å².